The van der Waals surface area contributed by atoms with Gasteiger partial charge in [0.25, 0.3) is 0 Å². The second-order valence-electron chi connectivity index (χ2n) is 9.65. The first kappa shape index (κ1) is 28.4. The molecule has 1 N–H and O–H groups in total. The summed E-state index contributed by atoms with van der Waals surface area (Å²) in [7, 11) is -3.73. The third kappa shape index (κ3) is 8.69. The van der Waals surface area contributed by atoms with Crippen LogP contribution >= 0.6 is 0 Å². The Hall–Kier alpha value is -2.87. The van der Waals surface area contributed by atoms with E-state index in [-0.39, 0.29) is 18.4 Å². The SMILES string of the molecule is CC(C)CNC(=O)[C@H](C)N(CCc1ccccc1)C(=O)CN(c1ccc(C(C)C)cc1)S(C)(=O)=O. The van der Waals surface area contributed by atoms with Gasteiger partial charge in [0.05, 0.1) is 11.9 Å². The van der Waals surface area contributed by atoms with Crippen LogP contribution in [0.25, 0.3) is 0 Å². The number of hydrogen-bond donors (Lipinski definition) is 1. The molecule has 0 bridgehead atoms. The number of benzene rings is 2. The normalized spacial score (nSPS) is 12.5. The van der Waals surface area contributed by atoms with E-state index in [4.69, 9.17) is 0 Å². The standard InChI is InChI=1S/C27H39N3O4S/c1-20(2)18-28-27(32)22(5)29(17-16-23-10-8-7-9-11-23)26(31)19-30(35(6,33)34)25-14-12-24(13-15-25)21(3)4/h7-15,20-22H,16-19H2,1-6H3,(H,28,32)/t22-/m0/s1. The number of nitrogens with zero attached hydrogens (tertiary/aromatic N) is 2. The molecule has 2 rings (SSSR count). The summed E-state index contributed by atoms with van der Waals surface area (Å²) in [6.07, 6.45) is 1.64. The van der Waals surface area contributed by atoms with Gasteiger partial charge in [-0.2, -0.15) is 0 Å². The van der Waals surface area contributed by atoms with E-state index in [1.165, 1.54) is 4.90 Å². The van der Waals surface area contributed by atoms with Gasteiger partial charge in [-0.15, -0.1) is 0 Å². The second kappa shape index (κ2) is 12.7. The molecule has 7 nitrogen and oxygen atoms in total. The highest BCUT2D eigenvalue weighted by atomic mass is 32.2. The summed E-state index contributed by atoms with van der Waals surface area (Å²) in [5.41, 5.74) is 2.53. The van der Waals surface area contributed by atoms with Gasteiger partial charge < -0.3 is 10.2 Å². The van der Waals surface area contributed by atoms with Gasteiger partial charge in [0.2, 0.25) is 21.8 Å². The van der Waals surface area contributed by atoms with Crippen LogP contribution in [0.1, 0.15) is 51.7 Å². The quantitative estimate of drug-likeness (QED) is 0.479. The zero-order valence-corrected chi connectivity index (χ0v) is 22.5. The minimum absolute atomic E-state index is 0.257. The summed E-state index contributed by atoms with van der Waals surface area (Å²) in [6, 6.07) is 16.1. The van der Waals surface area contributed by atoms with Gasteiger partial charge in [0.1, 0.15) is 12.6 Å². The molecule has 1 atom stereocenters. The predicted octanol–water partition coefficient (Wildman–Crippen LogP) is 3.81. The average molecular weight is 502 g/mol. The molecule has 2 amide bonds. The van der Waals surface area contributed by atoms with E-state index in [1.807, 2.05) is 56.3 Å². The zero-order valence-electron chi connectivity index (χ0n) is 21.7. The Morgan fingerprint density at radius 1 is 0.914 bits per heavy atom. The lowest BCUT2D eigenvalue weighted by Crippen LogP contribution is -2.52. The van der Waals surface area contributed by atoms with Gasteiger partial charge in [-0.05, 0) is 48.4 Å². The molecule has 0 unspecified atom stereocenters. The van der Waals surface area contributed by atoms with Crippen LogP contribution in [0.3, 0.4) is 0 Å². The summed E-state index contributed by atoms with van der Waals surface area (Å²) >= 11 is 0. The molecule has 0 saturated carbocycles. The minimum Gasteiger partial charge on any atom is -0.354 e. The van der Waals surface area contributed by atoms with Crippen molar-refractivity contribution in [3.8, 4) is 0 Å². The molecule has 0 saturated heterocycles. The van der Waals surface area contributed by atoms with Crippen molar-refractivity contribution in [1.82, 2.24) is 10.2 Å². The van der Waals surface area contributed by atoms with Crippen LogP contribution in [-0.4, -0.2) is 57.1 Å². The molecule has 2 aromatic carbocycles. The molecule has 0 aromatic heterocycles. The maximum Gasteiger partial charge on any atom is 0.244 e. The Bertz CT molecular complexity index is 1070. The van der Waals surface area contributed by atoms with Crippen LogP contribution in [0.4, 0.5) is 5.69 Å². The van der Waals surface area contributed by atoms with Crippen molar-refractivity contribution in [2.24, 2.45) is 5.92 Å². The first-order valence-corrected chi connectivity index (χ1v) is 13.9. The topological polar surface area (TPSA) is 86.8 Å². The summed E-state index contributed by atoms with van der Waals surface area (Å²) < 4.78 is 26.4. The molecule has 0 fully saturated rings. The number of sulfonamides is 1. The minimum atomic E-state index is -3.73. The Balaban J connectivity index is 2.29. The lowest BCUT2D eigenvalue weighted by molar-refractivity contribution is -0.138. The van der Waals surface area contributed by atoms with Gasteiger partial charge >= 0.3 is 0 Å². The van der Waals surface area contributed by atoms with Gasteiger partial charge in [0.15, 0.2) is 0 Å². The number of carbonyl (C=O) groups excluding carboxylic acids is 2. The van der Waals surface area contributed by atoms with Gasteiger partial charge in [0, 0.05) is 13.1 Å². The van der Waals surface area contributed by atoms with Gasteiger partial charge in [-0.3, -0.25) is 13.9 Å². The molecule has 0 spiro atoms. The molecule has 0 heterocycles. The van der Waals surface area contributed by atoms with E-state index in [9.17, 15) is 18.0 Å². The van der Waals surface area contributed by atoms with Gasteiger partial charge in [-0.1, -0.05) is 70.2 Å². The van der Waals surface area contributed by atoms with E-state index >= 15 is 0 Å². The lowest BCUT2D eigenvalue weighted by Gasteiger charge is -2.31. The number of anilines is 1. The van der Waals surface area contributed by atoms with Crippen LogP contribution in [-0.2, 0) is 26.0 Å². The van der Waals surface area contributed by atoms with E-state index in [2.05, 4.69) is 19.2 Å². The number of hydrogen-bond acceptors (Lipinski definition) is 4. The van der Waals surface area contributed by atoms with Crippen LogP contribution in [0.15, 0.2) is 54.6 Å². The summed E-state index contributed by atoms with van der Waals surface area (Å²) in [6.45, 7) is 10.2. The van der Waals surface area contributed by atoms with E-state index in [1.54, 1.807) is 19.1 Å². The van der Waals surface area contributed by atoms with Crippen molar-refractivity contribution in [3.05, 3.63) is 65.7 Å². The number of amides is 2. The Kier molecular flexibility index (Phi) is 10.3. The molecular weight excluding hydrogens is 462 g/mol. The van der Waals surface area contributed by atoms with Crippen molar-refractivity contribution >= 4 is 27.5 Å². The Morgan fingerprint density at radius 3 is 2.03 bits per heavy atom. The number of nitrogens with one attached hydrogen (secondary N) is 1. The molecule has 192 valence electrons. The van der Waals surface area contributed by atoms with Crippen molar-refractivity contribution in [2.45, 2.75) is 53.0 Å². The molecule has 8 heteroatoms. The first-order chi connectivity index (χ1) is 16.4. The summed E-state index contributed by atoms with van der Waals surface area (Å²) in [4.78, 5) is 27.8. The molecular formula is C27H39N3O4S. The van der Waals surface area contributed by atoms with Crippen molar-refractivity contribution in [2.75, 3.05) is 30.2 Å². The number of carbonyl (C=O) groups is 2. The van der Waals surface area contributed by atoms with Crippen LogP contribution in [0.2, 0.25) is 0 Å². The molecule has 0 aliphatic heterocycles. The maximum absolute atomic E-state index is 13.5. The van der Waals surface area contributed by atoms with Crippen molar-refractivity contribution < 1.29 is 18.0 Å². The van der Waals surface area contributed by atoms with E-state index < -0.39 is 22.0 Å². The van der Waals surface area contributed by atoms with Crippen molar-refractivity contribution in [1.29, 1.82) is 0 Å². The van der Waals surface area contributed by atoms with E-state index in [0.29, 0.717) is 31.1 Å². The highest BCUT2D eigenvalue weighted by Gasteiger charge is 2.29. The van der Waals surface area contributed by atoms with Crippen LogP contribution < -0.4 is 9.62 Å². The third-order valence-electron chi connectivity index (χ3n) is 5.86. The molecule has 35 heavy (non-hydrogen) atoms. The fourth-order valence-electron chi connectivity index (χ4n) is 3.66. The first-order valence-electron chi connectivity index (χ1n) is 12.1. The fourth-order valence-corrected chi connectivity index (χ4v) is 4.51. The maximum atomic E-state index is 13.5. The largest absolute Gasteiger partial charge is 0.354 e. The van der Waals surface area contributed by atoms with Crippen LogP contribution in [0.5, 0.6) is 0 Å². The highest BCUT2D eigenvalue weighted by molar-refractivity contribution is 7.92. The molecule has 2 aromatic rings. The summed E-state index contributed by atoms with van der Waals surface area (Å²) in [5, 5.41) is 2.88. The van der Waals surface area contributed by atoms with E-state index in [0.717, 1.165) is 21.7 Å². The monoisotopic (exact) mass is 501 g/mol. The van der Waals surface area contributed by atoms with Crippen LogP contribution in [0, 0.1) is 5.92 Å². The molecule has 0 radical (unpaired) electrons. The molecule has 0 aliphatic rings. The Morgan fingerprint density at radius 2 is 1.51 bits per heavy atom. The smallest absolute Gasteiger partial charge is 0.244 e. The van der Waals surface area contributed by atoms with Gasteiger partial charge in [-0.25, -0.2) is 8.42 Å². The second-order valence-corrected chi connectivity index (χ2v) is 11.6. The van der Waals surface area contributed by atoms with Crippen molar-refractivity contribution in [3.63, 3.8) is 0 Å². The number of rotatable bonds is 12. The fraction of sp³-hybridized carbons (Fsp3) is 0.481. The molecule has 0 aliphatic carbocycles. The predicted molar refractivity (Wildman–Crippen MR) is 142 cm³/mol. The highest BCUT2D eigenvalue weighted by Crippen LogP contribution is 2.22. The Labute approximate surface area is 210 Å². The lowest BCUT2D eigenvalue weighted by atomic mass is 10.0. The average Bonchev–Trinajstić information content (AvgIpc) is 2.80. The zero-order chi connectivity index (χ0) is 26.2. The third-order valence-corrected chi connectivity index (χ3v) is 7.00. The summed E-state index contributed by atoms with van der Waals surface area (Å²) in [5.74, 6) is -0.107.